The summed E-state index contributed by atoms with van der Waals surface area (Å²) in [5.41, 5.74) is 7.55. The van der Waals surface area contributed by atoms with E-state index >= 15 is 0 Å². The number of hydrogen-bond donors (Lipinski definition) is 0. The molecule has 2 nitrogen and oxygen atoms in total. The van der Waals surface area contributed by atoms with Crippen LogP contribution in [0.2, 0.25) is 0 Å². The summed E-state index contributed by atoms with van der Waals surface area (Å²) in [6.45, 7) is 0. The van der Waals surface area contributed by atoms with Gasteiger partial charge < -0.3 is 9.32 Å². The van der Waals surface area contributed by atoms with Gasteiger partial charge >= 0.3 is 0 Å². The van der Waals surface area contributed by atoms with Gasteiger partial charge in [-0.15, -0.1) is 11.3 Å². The largest absolute Gasteiger partial charge is 0.456 e. The molecule has 43 heavy (non-hydrogen) atoms. The number of rotatable bonds is 4. The molecule has 9 aromatic rings. The molecule has 0 N–H and O–H groups in total. The van der Waals surface area contributed by atoms with Crippen LogP contribution in [0.5, 0.6) is 0 Å². The lowest BCUT2D eigenvalue weighted by Gasteiger charge is -2.25. The molecule has 202 valence electrons. The van der Waals surface area contributed by atoms with E-state index in [1.54, 1.807) is 0 Å². The van der Waals surface area contributed by atoms with Crippen molar-refractivity contribution >= 4 is 81.3 Å². The first kappa shape index (κ1) is 24.2. The number of anilines is 3. The van der Waals surface area contributed by atoms with Crippen molar-refractivity contribution in [3.8, 4) is 11.1 Å². The first-order valence-corrected chi connectivity index (χ1v) is 15.3. The van der Waals surface area contributed by atoms with Crippen molar-refractivity contribution in [2.45, 2.75) is 0 Å². The molecule has 0 bridgehead atoms. The third kappa shape index (κ3) is 4.01. The van der Waals surface area contributed by atoms with Gasteiger partial charge in [0.05, 0.1) is 0 Å². The lowest BCUT2D eigenvalue weighted by atomic mass is 10.0. The summed E-state index contributed by atoms with van der Waals surface area (Å²) >= 11 is 1.86. The molecule has 0 aliphatic heterocycles. The maximum Gasteiger partial charge on any atom is 0.136 e. The van der Waals surface area contributed by atoms with Gasteiger partial charge in [0.1, 0.15) is 11.2 Å². The number of hydrogen-bond acceptors (Lipinski definition) is 3. The fourth-order valence-electron chi connectivity index (χ4n) is 6.32. The molecule has 7 aromatic carbocycles. The molecule has 0 aliphatic rings. The van der Waals surface area contributed by atoms with Crippen LogP contribution in [0.3, 0.4) is 0 Å². The van der Waals surface area contributed by atoms with Crippen molar-refractivity contribution in [1.82, 2.24) is 0 Å². The average Bonchev–Trinajstić information content (AvgIpc) is 3.62. The van der Waals surface area contributed by atoms with Crippen LogP contribution in [-0.2, 0) is 0 Å². The highest BCUT2D eigenvalue weighted by Crippen LogP contribution is 2.41. The van der Waals surface area contributed by atoms with Crippen LogP contribution in [-0.4, -0.2) is 0 Å². The zero-order chi connectivity index (χ0) is 28.3. The molecule has 2 aromatic heterocycles. The molecule has 0 atom stereocenters. The number of benzene rings is 7. The van der Waals surface area contributed by atoms with E-state index in [2.05, 4.69) is 157 Å². The molecule has 0 aliphatic carbocycles. The third-order valence-corrected chi connectivity index (χ3v) is 9.58. The van der Waals surface area contributed by atoms with Gasteiger partial charge in [0.15, 0.2) is 0 Å². The van der Waals surface area contributed by atoms with Crippen molar-refractivity contribution in [2.75, 3.05) is 4.90 Å². The first-order chi connectivity index (χ1) is 21.3. The van der Waals surface area contributed by atoms with Crippen LogP contribution < -0.4 is 4.90 Å². The van der Waals surface area contributed by atoms with E-state index in [9.17, 15) is 0 Å². The van der Waals surface area contributed by atoms with Crippen LogP contribution in [0.4, 0.5) is 17.1 Å². The highest BCUT2D eigenvalue weighted by molar-refractivity contribution is 7.25. The van der Waals surface area contributed by atoms with E-state index < -0.39 is 0 Å². The summed E-state index contributed by atoms with van der Waals surface area (Å²) < 4.78 is 8.96. The Bertz CT molecular complexity index is 2450. The molecular formula is C40H25NOS. The second-order valence-corrected chi connectivity index (χ2v) is 12.1. The topological polar surface area (TPSA) is 16.4 Å². The van der Waals surface area contributed by atoms with Crippen molar-refractivity contribution in [3.63, 3.8) is 0 Å². The van der Waals surface area contributed by atoms with E-state index in [0.29, 0.717) is 0 Å². The van der Waals surface area contributed by atoms with Crippen LogP contribution in [0, 0.1) is 0 Å². The van der Waals surface area contributed by atoms with Crippen LogP contribution in [0.15, 0.2) is 156 Å². The predicted molar refractivity (Wildman–Crippen MR) is 184 cm³/mol. The molecule has 2 heterocycles. The molecule has 0 saturated heterocycles. The molecule has 0 amide bonds. The molecule has 3 heteroatoms. The van der Waals surface area contributed by atoms with Gasteiger partial charge in [-0.2, -0.15) is 0 Å². The Morgan fingerprint density at radius 1 is 0.395 bits per heavy atom. The van der Waals surface area contributed by atoms with E-state index in [1.807, 2.05) is 11.3 Å². The second-order valence-electron chi connectivity index (χ2n) is 11.0. The van der Waals surface area contributed by atoms with E-state index in [4.69, 9.17) is 4.42 Å². The minimum Gasteiger partial charge on any atom is -0.456 e. The minimum absolute atomic E-state index is 0.897. The Balaban J connectivity index is 1.16. The molecule has 0 fully saturated rings. The molecule has 9 rings (SSSR count). The van der Waals surface area contributed by atoms with Crippen molar-refractivity contribution in [2.24, 2.45) is 0 Å². The van der Waals surface area contributed by atoms with Gasteiger partial charge in [-0.05, 0) is 94.7 Å². The van der Waals surface area contributed by atoms with Gasteiger partial charge in [0.25, 0.3) is 0 Å². The number of nitrogens with zero attached hydrogens (tertiary/aromatic N) is 1. The normalized spacial score (nSPS) is 11.7. The summed E-state index contributed by atoms with van der Waals surface area (Å²) in [6.07, 6.45) is 0. The monoisotopic (exact) mass is 567 g/mol. The lowest BCUT2D eigenvalue weighted by molar-refractivity contribution is 0.669. The molecule has 0 unspecified atom stereocenters. The Kier molecular flexibility index (Phi) is 5.40. The average molecular weight is 568 g/mol. The number of thiophene rings is 1. The number of para-hydroxylation sites is 1. The van der Waals surface area contributed by atoms with Crippen LogP contribution >= 0.6 is 11.3 Å². The SMILES string of the molecule is c1ccc(N(c2ccc(-c3ccc4sc5ccccc5c4c3)cc2)c2ccc3oc4cc5ccccc5cc4c3c2)cc1. The zero-order valence-corrected chi connectivity index (χ0v) is 24.0. The summed E-state index contributed by atoms with van der Waals surface area (Å²) in [5, 5.41) is 7.30. The van der Waals surface area contributed by atoms with E-state index in [0.717, 1.165) is 39.0 Å². The Morgan fingerprint density at radius 2 is 1.05 bits per heavy atom. The van der Waals surface area contributed by atoms with Gasteiger partial charge in [-0.25, -0.2) is 0 Å². The standard InChI is InChI=1S/C40H25NOS/c1-2-10-30(11-3-1)41(32-19-20-37-35(25-32)34-22-27-8-4-5-9-28(27)24-38(34)42-37)31-17-14-26(15-18-31)29-16-21-40-36(23-29)33-12-6-7-13-39(33)43-40/h1-25H. The fraction of sp³-hybridized carbons (Fsp3) is 0. The maximum absolute atomic E-state index is 6.31. The lowest BCUT2D eigenvalue weighted by Crippen LogP contribution is -2.09. The van der Waals surface area contributed by atoms with Crippen molar-refractivity contribution in [1.29, 1.82) is 0 Å². The summed E-state index contributed by atoms with van der Waals surface area (Å²) in [7, 11) is 0. The summed E-state index contributed by atoms with van der Waals surface area (Å²) in [6, 6.07) is 54.3. The quantitative estimate of drug-likeness (QED) is 0.210. The zero-order valence-electron chi connectivity index (χ0n) is 23.2. The highest BCUT2D eigenvalue weighted by Gasteiger charge is 2.16. The number of furan rings is 1. The van der Waals surface area contributed by atoms with Gasteiger partial charge in [0.2, 0.25) is 0 Å². The second kappa shape index (κ2) is 9.59. The fourth-order valence-corrected chi connectivity index (χ4v) is 7.41. The highest BCUT2D eigenvalue weighted by atomic mass is 32.1. The van der Waals surface area contributed by atoms with Gasteiger partial charge in [-0.3, -0.25) is 0 Å². The maximum atomic E-state index is 6.31. The molecular weight excluding hydrogens is 543 g/mol. The van der Waals surface area contributed by atoms with E-state index in [-0.39, 0.29) is 0 Å². The Hall–Kier alpha value is -5.38. The van der Waals surface area contributed by atoms with Crippen molar-refractivity contribution in [3.05, 3.63) is 152 Å². The summed E-state index contributed by atoms with van der Waals surface area (Å²) in [5.74, 6) is 0. The third-order valence-electron chi connectivity index (χ3n) is 8.43. The molecule has 0 saturated carbocycles. The van der Waals surface area contributed by atoms with Gasteiger partial charge in [0, 0.05) is 48.0 Å². The van der Waals surface area contributed by atoms with Gasteiger partial charge in [-0.1, -0.05) is 78.9 Å². The molecule has 0 spiro atoms. The predicted octanol–water partition coefficient (Wildman–Crippen LogP) is 12.2. The summed E-state index contributed by atoms with van der Waals surface area (Å²) in [4.78, 5) is 2.32. The Labute approximate surface area is 252 Å². The van der Waals surface area contributed by atoms with Crippen LogP contribution in [0.25, 0.3) is 64.0 Å². The first-order valence-electron chi connectivity index (χ1n) is 14.5. The minimum atomic E-state index is 0.897. The Morgan fingerprint density at radius 3 is 1.91 bits per heavy atom. The van der Waals surface area contributed by atoms with E-state index in [1.165, 1.54) is 42.1 Å². The number of fused-ring (bicyclic) bond motifs is 7. The molecule has 0 radical (unpaired) electrons. The van der Waals surface area contributed by atoms with Crippen molar-refractivity contribution < 1.29 is 4.42 Å². The van der Waals surface area contributed by atoms with Crippen LogP contribution in [0.1, 0.15) is 0 Å². The smallest absolute Gasteiger partial charge is 0.136 e.